The Kier molecular flexibility index (Phi) is 3.80. The van der Waals surface area contributed by atoms with Crippen molar-refractivity contribution >= 4 is 6.01 Å². The Balaban J connectivity index is 2.50. The van der Waals surface area contributed by atoms with E-state index in [4.69, 9.17) is 4.42 Å². The molecular formula is C10H18N2O. The van der Waals surface area contributed by atoms with Gasteiger partial charge in [-0.2, -0.15) is 4.98 Å². The average Bonchev–Trinajstić information content (AvgIpc) is 2.48. The maximum absolute atomic E-state index is 5.37. The van der Waals surface area contributed by atoms with Crippen LogP contribution in [0.15, 0.2) is 4.42 Å². The van der Waals surface area contributed by atoms with Gasteiger partial charge in [-0.25, -0.2) is 0 Å². The maximum atomic E-state index is 5.37. The van der Waals surface area contributed by atoms with Gasteiger partial charge in [-0.15, -0.1) is 0 Å². The van der Waals surface area contributed by atoms with Crippen LogP contribution in [0.25, 0.3) is 0 Å². The van der Waals surface area contributed by atoms with E-state index in [-0.39, 0.29) is 0 Å². The maximum Gasteiger partial charge on any atom is 0.294 e. The van der Waals surface area contributed by atoms with E-state index in [1.807, 2.05) is 14.0 Å². The number of oxazole rings is 1. The SMILES string of the molecule is CCCCCc1nc(NC)oc1C. The zero-order valence-electron chi connectivity index (χ0n) is 8.68. The number of hydrogen-bond acceptors (Lipinski definition) is 3. The van der Waals surface area contributed by atoms with Gasteiger partial charge in [-0.1, -0.05) is 19.8 Å². The molecule has 0 amide bonds. The van der Waals surface area contributed by atoms with Crippen LogP contribution in [-0.4, -0.2) is 12.0 Å². The molecule has 13 heavy (non-hydrogen) atoms. The van der Waals surface area contributed by atoms with Crippen molar-refractivity contribution in [1.82, 2.24) is 4.98 Å². The van der Waals surface area contributed by atoms with E-state index in [0.717, 1.165) is 17.9 Å². The number of hydrogen-bond donors (Lipinski definition) is 1. The molecule has 1 rings (SSSR count). The Morgan fingerprint density at radius 3 is 2.69 bits per heavy atom. The first kappa shape index (κ1) is 10.1. The monoisotopic (exact) mass is 182 g/mol. The van der Waals surface area contributed by atoms with Crippen LogP contribution in [0.4, 0.5) is 6.01 Å². The molecule has 0 bridgehead atoms. The molecule has 0 fully saturated rings. The summed E-state index contributed by atoms with van der Waals surface area (Å²) in [6.07, 6.45) is 4.74. The molecule has 3 heteroatoms. The minimum atomic E-state index is 0.629. The fourth-order valence-electron chi connectivity index (χ4n) is 1.31. The highest BCUT2D eigenvalue weighted by Gasteiger charge is 2.06. The van der Waals surface area contributed by atoms with Gasteiger partial charge in [-0.3, -0.25) is 0 Å². The van der Waals surface area contributed by atoms with Crippen LogP contribution in [0.5, 0.6) is 0 Å². The number of rotatable bonds is 5. The molecule has 0 aliphatic heterocycles. The van der Waals surface area contributed by atoms with Crippen molar-refractivity contribution in [3.63, 3.8) is 0 Å². The van der Waals surface area contributed by atoms with Gasteiger partial charge in [0.2, 0.25) is 0 Å². The van der Waals surface area contributed by atoms with E-state index in [9.17, 15) is 0 Å². The lowest BCUT2D eigenvalue weighted by atomic mass is 10.1. The van der Waals surface area contributed by atoms with Crippen LogP contribution >= 0.6 is 0 Å². The third kappa shape index (κ3) is 2.76. The Labute approximate surface area is 79.5 Å². The van der Waals surface area contributed by atoms with Crippen LogP contribution in [-0.2, 0) is 6.42 Å². The largest absolute Gasteiger partial charge is 0.429 e. The van der Waals surface area contributed by atoms with Crippen LogP contribution < -0.4 is 5.32 Å². The summed E-state index contributed by atoms with van der Waals surface area (Å²) in [6, 6.07) is 0.629. The number of nitrogens with zero attached hydrogens (tertiary/aromatic N) is 1. The minimum Gasteiger partial charge on any atom is -0.429 e. The van der Waals surface area contributed by atoms with Crippen molar-refractivity contribution in [1.29, 1.82) is 0 Å². The fourth-order valence-corrected chi connectivity index (χ4v) is 1.31. The molecule has 0 atom stereocenters. The van der Waals surface area contributed by atoms with Crippen molar-refractivity contribution in [2.45, 2.75) is 39.5 Å². The number of unbranched alkanes of at least 4 members (excludes halogenated alkanes) is 2. The van der Waals surface area contributed by atoms with Crippen molar-refractivity contribution < 1.29 is 4.42 Å². The second kappa shape index (κ2) is 4.90. The third-order valence-electron chi connectivity index (χ3n) is 2.12. The first-order valence-corrected chi connectivity index (χ1v) is 4.92. The van der Waals surface area contributed by atoms with E-state index in [1.165, 1.54) is 19.3 Å². The molecule has 0 spiro atoms. The third-order valence-corrected chi connectivity index (χ3v) is 2.12. The molecular weight excluding hydrogens is 164 g/mol. The van der Waals surface area contributed by atoms with Crippen molar-refractivity contribution in [3.8, 4) is 0 Å². The molecule has 0 saturated carbocycles. The molecule has 1 aromatic heterocycles. The summed E-state index contributed by atoms with van der Waals surface area (Å²) in [5, 5.41) is 2.90. The van der Waals surface area contributed by atoms with E-state index >= 15 is 0 Å². The Morgan fingerprint density at radius 2 is 2.15 bits per heavy atom. The summed E-state index contributed by atoms with van der Waals surface area (Å²) in [5.74, 6) is 0.945. The summed E-state index contributed by atoms with van der Waals surface area (Å²) < 4.78 is 5.37. The molecule has 3 nitrogen and oxygen atoms in total. The van der Waals surface area contributed by atoms with Gasteiger partial charge in [0, 0.05) is 7.05 Å². The zero-order valence-corrected chi connectivity index (χ0v) is 8.68. The van der Waals surface area contributed by atoms with Crippen LogP contribution in [0.1, 0.15) is 37.6 Å². The summed E-state index contributed by atoms with van der Waals surface area (Å²) in [4.78, 5) is 4.32. The first-order valence-electron chi connectivity index (χ1n) is 4.92. The highest BCUT2D eigenvalue weighted by atomic mass is 16.4. The lowest BCUT2D eigenvalue weighted by Gasteiger charge is -1.94. The van der Waals surface area contributed by atoms with E-state index < -0.39 is 0 Å². The standard InChI is InChI=1S/C10H18N2O/c1-4-5-6-7-9-8(2)13-10(11-3)12-9/h4-7H2,1-3H3,(H,11,12). The molecule has 1 aromatic rings. The lowest BCUT2D eigenvalue weighted by Crippen LogP contribution is -1.90. The molecule has 0 unspecified atom stereocenters. The van der Waals surface area contributed by atoms with Crippen LogP contribution in [0, 0.1) is 6.92 Å². The number of nitrogens with one attached hydrogen (secondary N) is 1. The van der Waals surface area contributed by atoms with Crippen molar-refractivity contribution in [2.24, 2.45) is 0 Å². The van der Waals surface area contributed by atoms with E-state index in [1.54, 1.807) is 0 Å². The molecule has 0 aliphatic carbocycles. The summed E-state index contributed by atoms with van der Waals surface area (Å²) in [7, 11) is 1.82. The van der Waals surface area contributed by atoms with Gasteiger partial charge in [0.25, 0.3) is 6.01 Å². The van der Waals surface area contributed by atoms with Gasteiger partial charge in [0.15, 0.2) is 0 Å². The smallest absolute Gasteiger partial charge is 0.294 e. The lowest BCUT2D eigenvalue weighted by molar-refractivity contribution is 0.539. The second-order valence-electron chi connectivity index (χ2n) is 3.23. The molecule has 0 radical (unpaired) electrons. The minimum absolute atomic E-state index is 0.629. The summed E-state index contributed by atoms with van der Waals surface area (Å²) >= 11 is 0. The molecule has 74 valence electrons. The molecule has 0 saturated heterocycles. The molecule has 1 heterocycles. The first-order chi connectivity index (χ1) is 6.27. The normalized spacial score (nSPS) is 10.4. The number of aromatic nitrogens is 1. The van der Waals surface area contributed by atoms with E-state index in [0.29, 0.717) is 6.01 Å². The van der Waals surface area contributed by atoms with Gasteiger partial charge in [0.05, 0.1) is 5.69 Å². The molecule has 0 aliphatic rings. The highest BCUT2D eigenvalue weighted by Crippen LogP contribution is 2.15. The van der Waals surface area contributed by atoms with Gasteiger partial charge < -0.3 is 9.73 Å². The van der Waals surface area contributed by atoms with Crippen molar-refractivity contribution in [3.05, 3.63) is 11.5 Å². The molecule has 1 N–H and O–H groups in total. The molecule has 0 aromatic carbocycles. The summed E-state index contributed by atoms with van der Waals surface area (Å²) in [6.45, 7) is 4.17. The van der Waals surface area contributed by atoms with Gasteiger partial charge in [0.1, 0.15) is 5.76 Å². The Hall–Kier alpha value is -0.990. The predicted octanol–water partition coefficient (Wildman–Crippen LogP) is 2.76. The number of aryl methyl sites for hydroxylation is 2. The number of anilines is 1. The van der Waals surface area contributed by atoms with Gasteiger partial charge in [-0.05, 0) is 19.8 Å². The summed E-state index contributed by atoms with van der Waals surface area (Å²) in [5.41, 5.74) is 1.10. The topological polar surface area (TPSA) is 38.1 Å². The Bertz CT molecular complexity index is 255. The fraction of sp³-hybridized carbons (Fsp3) is 0.700. The van der Waals surface area contributed by atoms with Crippen LogP contribution in [0.3, 0.4) is 0 Å². The highest BCUT2D eigenvalue weighted by molar-refractivity contribution is 5.23. The quantitative estimate of drug-likeness (QED) is 0.711. The van der Waals surface area contributed by atoms with Gasteiger partial charge >= 0.3 is 0 Å². The second-order valence-corrected chi connectivity index (χ2v) is 3.23. The Morgan fingerprint density at radius 1 is 1.38 bits per heavy atom. The van der Waals surface area contributed by atoms with E-state index in [2.05, 4.69) is 17.2 Å². The van der Waals surface area contributed by atoms with Crippen LogP contribution in [0.2, 0.25) is 0 Å². The van der Waals surface area contributed by atoms with Crippen molar-refractivity contribution in [2.75, 3.05) is 12.4 Å². The zero-order chi connectivity index (χ0) is 9.68. The average molecular weight is 182 g/mol. The predicted molar refractivity (Wildman–Crippen MR) is 54.0 cm³/mol.